The maximum absolute atomic E-state index is 12.7. The molecule has 1 saturated heterocycles. The molecule has 2 aromatic carbocycles. The zero-order chi connectivity index (χ0) is 21.6. The summed E-state index contributed by atoms with van der Waals surface area (Å²) in [5.41, 5.74) is 15.7. The number of anilines is 2. The van der Waals surface area contributed by atoms with E-state index in [4.69, 9.17) is 20.7 Å². The zero-order valence-electron chi connectivity index (χ0n) is 17.3. The first-order chi connectivity index (χ1) is 15.1. The number of hydrogen-bond acceptors (Lipinski definition) is 7. The molecule has 0 atom stereocenters. The average Bonchev–Trinajstić information content (AvgIpc) is 2.77. The lowest BCUT2D eigenvalue weighted by Crippen LogP contribution is -2.28. The van der Waals surface area contributed by atoms with Crippen LogP contribution in [0, 0.1) is 11.4 Å². The van der Waals surface area contributed by atoms with Gasteiger partial charge in [0.05, 0.1) is 31.2 Å². The molecule has 170 valence electrons. The van der Waals surface area contributed by atoms with Gasteiger partial charge in [0.25, 0.3) is 5.91 Å². The van der Waals surface area contributed by atoms with Crippen LogP contribution < -0.4 is 15.8 Å². The van der Waals surface area contributed by atoms with Gasteiger partial charge in [-0.15, -0.1) is 29.1 Å². The van der Waals surface area contributed by atoms with Crippen LogP contribution in [0.25, 0.3) is 11.3 Å². The second kappa shape index (κ2) is 11.0. The van der Waals surface area contributed by atoms with E-state index >= 15 is 0 Å². The highest BCUT2D eigenvalue weighted by Gasteiger charge is 2.17. The summed E-state index contributed by atoms with van der Waals surface area (Å²) < 4.78 is 10.9. The molecule has 1 aliphatic rings. The first-order valence-electron chi connectivity index (χ1n) is 9.99. The number of halogens is 1. The number of benzene rings is 2. The molecule has 8 nitrogen and oxygen atoms in total. The van der Waals surface area contributed by atoms with Crippen molar-refractivity contribution in [2.75, 3.05) is 30.9 Å². The number of nitrogens with zero attached hydrogens (tertiary/aromatic N) is 2. The van der Waals surface area contributed by atoms with Crippen LogP contribution in [0.5, 0.6) is 5.75 Å². The Morgan fingerprint density at radius 2 is 2.00 bits per heavy atom. The number of nitrogens with one attached hydrogen (secondary N) is 2. The van der Waals surface area contributed by atoms with Gasteiger partial charge in [-0.2, -0.15) is 0 Å². The standard InChI is InChI=1S/C23H23N5O3.HI.2H2/c24-20-8-9-21(27-22(20)28-25)16-2-1-3-17(12-16)23(29)26-18-4-6-19(7-5-18)31-11-10-15-13-30-14-15;;;/h1-9,12,15,25H,10-11,13-14,24H2,(H,26,29);3*1H. The number of aromatic nitrogens is 1. The maximum atomic E-state index is 12.7. The number of carbonyl (C=O) groups excluding carboxylic acids is 1. The highest BCUT2D eigenvalue weighted by Crippen LogP contribution is 2.26. The minimum Gasteiger partial charge on any atom is -0.494 e. The number of carbonyl (C=O) groups is 1. The summed E-state index contributed by atoms with van der Waals surface area (Å²) in [7, 11) is 0. The number of nitrogens with two attached hydrogens (primary N) is 1. The fourth-order valence-electron chi connectivity index (χ4n) is 3.16. The van der Waals surface area contributed by atoms with E-state index in [9.17, 15) is 4.79 Å². The first-order valence-corrected chi connectivity index (χ1v) is 9.99. The van der Waals surface area contributed by atoms with Crippen LogP contribution in [0.4, 0.5) is 17.2 Å². The quantitative estimate of drug-likeness (QED) is 0.243. The minimum absolute atomic E-state index is 0. The smallest absolute Gasteiger partial charge is 0.255 e. The van der Waals surface area contributed by atoms with Gasteiger partial charge in [-0.3, -0.25) is 4.79 Å². The predicted molar refractivity (Wildman–Crippen MR) is 137 cm³/mol. The fourth-order valence-corrected chi connectivity index (χ4v) is 3.16. The minimum atomic E-state index is -0.235. The number of pyridine rings is 1. The van der Waals surface area contributed by atoms with Crippen molar-refractivity contribution in [3.63, 3.8) is 0 Å². The van der Waals surface area contributed by atoms with Crippen LogP contribution in [-0.4, -0.2) is 30.7 Å². The van der Waals surface area contributed by atoms with Crippen LogP contribution in [-0.2, 0) is 4.74 Å². The second-order valence-electron chi connectivity index (χ2n) is 7.32. The summed E-state index contributed by atoms with van der Waals surface area (Å²) in [6.07, 6.45) is 0.981. The van der Waals surface area contributed by atoms with Crippen molar-refractivity contribution >= 4 is 47.1 Å². The van der Waals surface area contributed by atoms with Crippen LogP contribution in [0.1, 0.15) is 19.6 Å². The van der Waals surface area contributed by atoms with E-state index in [0.29, 0.717) is 35.2 Å². The third kappa shape index (κ3) is 5.80. The van der Waals surface area contributed by atoms with Gasteiger partial charge in [0.1, 0.15) is 5.75 Å². The highest BCUT2D eigenvalue weighted by molar-refractivity contribution is 14.0. The van der Waals surface area contributed by atoms with Crippen molar-refractivity contribution in [3.8, 4) is 17.0 Å². The molecule has 0 aliphatic carbocycles. The second-order valence-corrected chi connectivity index (χ2v) is 7.32. The van der Waals surface area contributed by atoms with Crippen molar-refractivity contribution in [1.82, 2.24) is 4.98 Å². The average molecular weight is 549 g/mol. The van der Waals surface area contributed by atoms with Crippen molar-refractivity contribution in [1.29, 1.82) is 5.53 Å². The monoisotopic (exact) mass is 549 g/mol. The van der Waals surface area contributed by atoms with Gasteiger partial charge in [0.15, 0.2) is 5.82 Å². The Balaban J connectivity index is 0.00000193. The number of nitrogen functional groups attached to an aromatic ring is 1. The lowest BCUT2D eigenvalue weighted by Gasteiger charge is -2.25. The van der Waals surface area contributed by atoms with Crippen molar-refractivity contribution in [3.05, 3.63) is 66.2 Å². The normalized spacial score (nSPS) is 12.9. The molecule has 3 aromatic rings. The van der Waals surface area contributed by atoms with Crippen molar-refractivity contribution in [2.24, 2.45) is 11.0 Å². The predicted octanol–water partition coefficient (Wildman–Crippen LogP) is 5.77. The Morgan fingerprint density at radius 1 is 1.22 bits per heavy atom. The van der Waals surface area contributed by atoms with Gasteiger partial charge in [0, 0.05) is 25.6 Å². The summed E-state index contributed by atoms with van der Waals surface area (Å²) in [5.74, 6) is 1.29. The molecule has 32 heavy (non-hydrogen) atoms. The molecule has 9 heteroatoms. The maximum Gasteiger partial charge on any atom is 0.255 e. The number of amides is 1. The molecule has 4 rings (SSSR count). The van der Waals surface area contributed by atoms with E-state index in [2.05, 4.69) is 15.4 Å². The van der Waals surface area contributed by atoms with Crippen LogP contribution in [0.3, 0.4) is 0 Å². The third-order valence-corrected chi connectivity index (χ3v) is 5.05. The fraction of sp³-hybridized carbons (Fsp3) is 0.217. The Hall–Kier alpha value is -3.05. The lowest BCUT2D eigenvalue weighted by atomic mass is 10.1. The molecule has 1 fully saturated rings. The molecule has 0 radical (unpaired) electrons. The summed E-state index contributed by atoms with van der Waals surface area (Å²) in [4.78, 5) is 17.0. The van der Waals surface area contributed by atoms with Gasteiger partial charge >= 0.3 is 0 Å². The van der Waals surface area contributed by atoms with Crippen LogP contribution >= 0.6 is 24.0 Å². The molecule has 0 saturated carbocycles. The van der Waals surface area contributed by atoms with Crippen molar-refractivity contribution in [2.45, 2.75) is 6.42 Å². The van der Waals surface area contributed by atoms with E-state index in [1.165, 1.54) is 0 Å². The van der Waals surface area contributed by atoms with E-state index in [-0.39, 0.29) is 38.6 Å². The number of rotatable bonds is 8. The lowest BCUT2D eigenvalue weighted by molar-refractivity contribution is -0.0401. The third-order valence-electron chi connectivity index (χ3n) is 5.05. The Morgan fingerprint density at radius 3 is 2.69 bits per heavy atom. The molecule has 0 spiro atoms. The SMILES string of the molecule is I.N=Nc1nc(-c2cccc(C(=O)Nc3ccc(OCCC4COC4)cc3)c2)ccc1N.[HH].[HH]. The van der Waals surface area contributed by atoms with Crippen LogP contribution in [0.2, 0.25) is 0 Å². The molecule has 1 aliphatic heterocycles. The van der Waals surface area contributed by atoms with E-state index in [0.717, 1.165) is 30.9 Å². The summed E-state index contributed by atoms with van der Waals surface area (Å²) in [5, 5.41) is 6.22. The van der Waals surface area contributed by atoms with Crippen LogP contribution in [0.15, 0.2) is 65.8 Å². The van der Waals surface area contributed by atoms with E-state index < -0.39 is 0 Å². The molecular formula is C23H28IN5O3. The Bertz CT molecular complexity index is 1100. The van der Waals surface area contributed by atoms with E-state index in [1.807, 2.05) is 30.3 Å². The Labute approximate surface area is 206 Å². The summed E-state index contributed by atoms with van der Waals surface area (Å²) in [6.45, 7) is 2.30. The molecule has 0 bridgehead atoms. The first kappa shape index (κ1) is 23.6. The topological polar surface area (TPSA) is 123 Å². The highest BCUT2D eigenvalue weighted by atomic mass is 127. The molecule has 1 amide bonds. The van der Waals surface area contributed by atoms with Gasteiger partial charge in [-0.25, -0.2) is 10.5 Å². The molecular weight excluding hydrogens is 521 g/mol. The number of ether oxygens (including phenoxy) is 2. The Kier molecular flexibility index (Phi) is 8.12. The zero-order valence-corrected chi connectivity index (χ0v) is 19.6. The van der Waals surface area contributed by atoms with Gasteiger partial charge < -0.3 is 20.5 Å². The molecule has 0 unspecified atom stereocenters. The largest absolute Gasteiger partial charge is 0.494 e. The van der Waals surface area contributed by atoms with Gasteiger partial charge in [0.2, 0.25) is 0 Å². The number of hydrogen-bond donors (Lipinski definition) is 3. The molecule has 4 N–H and O–H groups in total. The van der Waals surface area contributed by atoms with E-state index in [1.54, 1.807) is 30.3 Å². The summed E-state index contributed by atoms with van der Waals surface area (Å²) in [6, 6.07) is 17.8. The summed E-state index contributed by atoms with van der Waals surface area (Å²) >= 11 is 0. The van der Waals surface area contributed by atoms with Gasteiger partial charge in [-0.1, -0.05) is 12.1 Å². The van der Waals surface area contributed by atoms with Gasteiger partial charge in [-0.05, 0) is 55.0 Å². The van der Waals surface area contributed by atoms with Crippen molar-refractivity contribution < 1.29 is 17.1 Å². The molecule has 2 heterocycles. The molecule has 1 aromatic heterocycles.